The van der Waals surface area contributed by atoms with Crippen LogP contribution in [0.4, 0.5) is 5.69 Å². The summed E-state index contributed by atoms with van der Waals surface area (Å²) in [5, 5.41) is 18.2. The Labute approximate surface area is 95.5 Å². The van der Waals surface area contributed by atoms with Crippen LogP contribution in [-0.2, 0) is 6.61 Å². The van der Waals surface area contributed by atoms with Gasteiger partial charge in [-0.1, -0.05) is 0 Å². The number of aromatic nitrogens is 1. The predicted molar refractivity (Wildman–Crippen MR) is 62.2 cm³/mol. The van der Waals surface area contributed by atoms with E-state index in [9.17, 15) is 5.11 Å². The van der Waals surface area contributed by atoms with E-state index in [1.807, 2.05) is 12.3 Å². The van der Waals surface area contributed by atoms with Gasteiger partial charge in [-0.3, -0.25) is 4.98 Å². The molecule has 2 heterocycles. The molecule has 88 valence electrons. The van der Waals surface area contributed by atoms with E-state index >= 15 is 0 Å². The van der Waals surface area contributed by atoms with E-state index < -0.39 is 0 Å². The molecule has 1 saturated heterocycles. The van der Waals surface area contributed by atoms with Crippen molar-refractivity contribution < 1.29 is 10.2 Å². The van der Waals surface area contributed by atoms with Gasteiger partial charge in [0.25, 0.3) is 0 Å². The SMILES string of the molecule is OCCC1CCN(c2cnccc2CO)C1. The summed E-state index contributed by atoms with van der Waals surface area (Å²) in [4.78, 5) is 6.36. The molecule has 1 aliphatic rings. The topological polar surface area (TPSA) is 56.6 Å². The lowest BCUT2D eigenvalue weighted by Crippen LogP contribution is -2.21. The number of anilines is 1. The first-order valence-electron chi connectivity index (χ1n) is 5.74. The van der Waals surface area contributed by atoms with Gasteiger partial charge in [0.1, 0.15) is 0 Å². The summed E-state index contributed by atoms with van der Waals surface area (Å²) < 4.78 is 0. The zero-order valence-electron chi connectivity index (χ0n) is 9.34. The van der Waals surface area contributed by atoms with Gasteiger partial charge in [0, 0.05) is 31.5 Å². The molecule has 4 heteroatoms. The van der Waals surface area contributed by atoms with Gasteiger partial charge in [-0.2, -0.15) is 0 Å². The van der Waals surface area contributed by atoms with E-state index in [4.69, 9.17) is 5.11 Å². The summed E-state index contributed by atoms with van der Waals surface area (Å²) in [6.07, 6.45) is 5.49. The van der Waals surface area contributed by atoms with E-state index in [-0.39, 0.29) is 13.2 Å². The molecular formula is C12H18N2O2. The third-order valence-electron chi connectivity index (χ3n) is 3.22. The van der Waals surface area contributed by atoms with Crippen LogP contribution in [0, 0.1) is 5.92 Å². The summed E-state index contributed by atoms with van der Waals surface area (Å²) in [6, 6.07) is 1.86. The molecule has 0 aliphatic carbocycles. The lowest BCUT2D eigenvalue weighted by molar-refractivity contribution is 0.263. The quantitative estimate of drug-likeness (QED) is 0.790. The van der Waals surface area contributed by atoms with Crippen molar-refractivity contribution in [3.8, 4) is 0 Å². The van der Waals surface area contributed by atoms with Crippen molar-refractivity contribution in [1.82, 2.24) is 4.98 Å². The molecule has 0 amide bonds. The van der Waals surface area contributed by atoms with Gasteiger partial charge in [0.2, 0.25) is 0 Å². The van der Waals surface area contributed by atoms with Crippen molar-refractivity contribution in [2.75, 3.05) is 24.6 Å². The first kappa shape index (κ1) is 11.4. The Balaban J connectivity index is 2.08. The van der Waals surface area contributed by atoms with E-state index in [2.05, 4.69) is 9.88 Å². The first-order valence-corrected chi connectivity index (χ1v) is 5.74. The molecule has 0 bridgehead atoms. The number of pyridine rings is 1. The summed E-state index contributed by atoms with van der Waals surface area (Å²) >= 11 is 0. The second-order valence-electron chi connectivity index (χ2n) is 4.28. The number of aliphatic hydroxyl groups excluding tert-OH is 2. The third kappa shape index (κ3) is 2.33. The van der Waals surface area contributed by atoms with Crippen LogP contribution in [0.5, 0.6) is 0 Å². The molecule has 0 spiro atoms. The van der Waals surface area contributed by atoms with E-state index in [1.165, 1.54) is 0 Å². The average molecular weight is 222 g/mol. The van der Waals surface area contributed by atoms with Crippen molar-refractivity contribution >= 4 is 5.69 Å². The van der Waals surface area contributed by atoms with Crippen LogP contribution < -0.4 is 4.90 Å². The van der Waals surface area contributed by atoms with Crippen LogP contribution in [0.3, 0.4) is 0 Å². The van der Waals surface area contributed by atoms with Gasteiger partial charge in [0.05, 0.1) is 18.5 Å². The van der Waals surface area contributed by atoms with Crippen LogP contribution in [0.15, 0.2) is 18.5 Å². The molecule has 1 aliphatic heterocycles. The minimum absolute atomic E-state index is 0.0546. The van der Waals surface area contributed by atoms with Crippen molar-refractivity contribution in [1.29, 1.82) is 0 Å². The van der Waals surface area contributed by atoms with E-state index in [0.717, 1.165) is 37.2 Å². The normalized spacial score (nSPS) is 20.4. The predicted octanol–water partition coefficient (Wildman–Crippen LogP) is 0.783. The highest BCUT2D eigenvalue weighted by atomic mass is 16.3. The Morgan fingerprint density at radius 2 is 2.31 bits per heavy atom. The van der Waals surface area contributed by atoms with Crippen molar-refractivity contribution in [2.24, 2.45) is 5.92 Å². The van der Waals surface area contributed by atoms with Crippen LogP contribution in [0.25, 0.3) is 0 Å². The second kappa shape index (κ2) is 5.27. The maximum atomic E-state index is 9.25. The smallest absolute Gasteiger partial charge is 0.0703 e. The second-order valence-corrected chi connectivity index (χ2v) is 4.28. The zero-order valence-corrected chi connectivity index (χ0v) is 9.34. The van der Waals surface area contributed by atoms with Crippen LogP contribution in [0.2, 0.25) is 0 Å². The number of nitrogens with zero attached hydrogens (tertiary/aromatic N) is 2. The number of hydrogen-bond acceptors (Lipinski definition) is 4. The zero-order chi connectivity index (χ0) is 11.4. The highest BCUT2D eigenvalue weighted by Crippen LogP contribution is 2.27. The lowest BCUT2D eigenvalue weighted by atomic mass is 10.1. The molecule has 4 nitrogen and oxygen atoms in total. The Kier molecular flexibility index (Phi) is 3.74. The van der Waals surface area contributed by atoms with Crippen molar-refractivity contribution in [3.05, 3.63) is 24.0 Å². The fourth-order valence-corrected chi connectivity index (χ4v) is 2.30. The first-order chi connectivity index (χ1) is 7.85. The Hall–Kier alpha value is -1.13. The molecule has 1 aromatic rings. The summed E-state index contributed by atoms with van der Waals surface area (Å²) in [6.45, 7) is 2.26. The van der Waals surface area contributed by atoms with Gasteiger partial charge >= 0.3 is 0 Å². The van der Waals surface area contributed by atoms with Gasteiger partial charge in [-0.15, -0.1) is 0 Å². The molecule has 1 unspecified atom stereocenters. The Morgan fingerprint density at radius 1 is 1.44 bits per heavy atom. The largest absolute Gasteiger partial charge is 0.396 e. The molecule has 2 rings (SSSR count). The summed E-state index contributed by atoms with van der Waals surface area (Å²) in [5.74, 6) is 0.566. The van der Waals surface area contributed by atoms with Gasteiger partial charge in [-0.25, -0.2) is 0 Å². The molecule has 0 radical (unpaired) electrons. The molecule has 16 heavy (non-hydrogen) atoms. The Morgan fingerprint density at radius 3 is 3.06 bits per heavy atom. The van der Waals surface area contributed by atoms with Gasteiger partial charge in [0.15, 0.2) is 0 Å². The maximum Gasteiger partial charge on any atom is 0.0703 e. The molecule has 2 N–H and O–H groups in total. The minimum Gasteiger partial charge on any atom is -0.396 e. The fraction of sp³-hybridized carbons (Fsp3) is 0.583. The summed E-state index contributed by atoms with van der Waals surface area (Å²) in [5.41, 5.74) is 1.96. The monoisotopic (exact) mass is 222 g/mol. The molecule has 0 saturated carbocycles. The number of hydrogen-bond donors (Lipinski definition) is 2. The molecule has 1 fully saturated rings. The van der Waals surface area contributed by atoms with Crippen LogP contribution in [0.1, 0.15) is 18.4 Å². The highest BCUT2D eigenvalue weighted by Gasteiger charge is 2.23. The van der Waals surface area contributed by atoms with Crippen molar-refractivity contribution in [3.63, 3.8) is 0 Å². The third-order valence-corrected chi connectivity index (χ3v) is 3.22. The Bertz CT molecular complexity index is 344. The molecule has 1 atom stereocenters. The van der Waals surface area contributed by atoms with E-state index in [1.54, 1.807) is 6.20 Å². The highest BCUT2D eigenvalue weighted by molar-refractivity contribution is 5.52. The van der Waals surface area contributed by atoms with Crippen LogP contribution >= 0.6 is 0 Å². The molecule has 0 aromatic carbocycles. The number of aliphatic hydroxyl groups is 2. The van der Waals surface area contributed by atoms with E-state index in [0.29, 0.717) is 5.92 Å². The standard InChI is InChI=1S/C12H18N2O2/c15-6-3-10-2-5-14(8-10)12-7-13-4-1-11(12)9-16/h1,4,7,10,15-16H,2-3,5-6,8-9H2. The number of rotatable bonds is 4. The molecular weight excluding hydrogens is 204 g/mol. The van der Waals surface area contributed by atoms with Crippen molar-refractivity contribution in [2.45, 2.75) is 19.4 Å². The fourth-order valence-electron chi connectivity index (χ4n) is 2.30. The minimum atomic E-state index is 0.0546. The average Bonchev–Trinajstić information content (AvgIpc) is 2.78. The van der Waals surface area contributed by atoms with Crippen LogP contribution in [-0.4, -0.2) is 34.9 Å². The van der Waals surface area contributed by atoms with Gasteiger partial charge in [-0.05, 0) is 24.8 Å². The molecule has 1 aromatic heterocycles. The summed E-state index contributed by atoms with van der Waals surface area (Å²) in [7, 11) is 0. The van der Waals surface area contributed by atoms with Gasteiger partial charge < -0.3 is 15.1 Å². The lowest BCUT2D eigenvalue weighted by Gasteiger charge is -2.20. The maximum absolute atomic E-state index is 9.25.